The third kappa shape index (κ3) is 3.87. The molecule has 0 aliphatic heterocycles. The number of benzene rings is 1. The van der Waals surface area contributed by atoms with Crippen molar-refractivity contribution in [3.05, 3.63) is 33.6 Å². The van der Waals surface area contributed by atoms with E-state index in [1.165, 1.54) is 11.8 Å². The third-order valence-electron chi connectivity index (χ3n) is 3.35. The van der Waals surface area contributed by atoms with E-state index < -0.39 is 0 Å². The van der Waals surface area contributed by atoms with Gasteiger partial charge >= 0.3 is 0 Å². The molecule has 0 aliphatic rings. The number of hydrogen-bond acceptors (Lipinski definition) is 4. The van der Waals surface area contributed by atoms with Crippen molar-refractivity contribution in [2.24, 2.45) is 0 Å². The van der Waals surface area contributed by atoms with Gasteiger partial charge in [0, 0.05) is 17.6 Å². The van der Waals surface area contributed by atoms with E-state index in [0.29, 0.717) is 27.6 Å². The molecule has 1 aromatic carbocycles. The lowest BCUT2D eigenvalue weighted by Gasteiger charge is -2.18. The van der Waals surface area contributed by atoms with Crippen LogP contribution in [0.25, 0.3) is 10.9 Å². The summed E-state index contributed by atoms with van der Waals surface area (Å²) in [4.78, 5) is 29.3. The average molecular weight is 354 g/mol. The Morgan fingerprint density at radius 3 is 2.70 bits per heavy atom. The predicted octanol–water partition coefficient (Wildman–Crippen LogP) is 3.25. The van der Waals surface area contributed by atoms with Gasteiger partial charge in [-0.25, -0.2) is 4.98 Å². The SMILES string of the molecule is CCNC(=O)[C@@H](C)Sc1nc2cc(Cl)ccc2c(=O)n1C(C)C. The molecule has 5 nitrogen and oxygen atoms in total. The standard InChI is InChI=1S/C16H20ClN3O2S/c1-5-18-14(21)10(4)23-16-19-13-8-11(17)6-7-12(13)15(22)20(16)9(2)3/h6-10H,5H2,1-4H3,(H,18,21)/t10-/m1/s1. The second-order valence-corrected chi connectivity index (χ2v) is 7.22. The van der Waals surface area contributed by atoms with Gasteiger partial charge in [0.2, 0.25) is 5.91 Å². The summed E-state index contributed by atoms with van der Waals surface area (Å²) in [6, 6.07) is 4.98. The molecule has 0 bridgehead atoms. The van der Waals surface area contributed by atoms with Crippen LogP contribution in [0.1, 0.15) is 33.7 Å². The number of carbonyl (C=O) groups excluding carboxylic acids is 1. The van der Waals surface area contributed by atoms with Gasteiger partial charge in [-0.15, -0.1) is 0 Å². The van der Waals surface area contributed by atoms with Crippen LogP contribution in [0.15, 0.2) is 28.2 Å². The fraction of sp³-hybridized carbons (Fsp3) is 0.438. The summed E-state index contributed by atoms with van der Waals surface area (Å²) in [7, 11) is 0. The quantitative estimate of drug-likeness (QED) is 0.662. The molecule has 7 heteroatoms. The van der Waals surface area contributed by atoms with E-state index in [0.717, 1.165) is 0 Å². The zero-order valence-electron chi connectivity index (χ0n) is 13.6. The lowest BCUT2D eigenvalue weighted by molar-refractivity contribution is -0.120. The molecule has 0 fully saturated rings. The predicted molar refractivity (Wildman–Crippen MR) is 95.4 cm³/mol. The summed E-state index contributed by atoms with van der Waals surface area (Å²) in [5.41, 5.74) is 0.428. The molecule has 1 N–H and O–H groups in total. The average Bonchev–Trinajstić information content (AvgIpc) is 2.46. The minimum absolute atomic E-state index is 0.0565. The van der Waals surface area contributed by atoms with Gasteiger partial charge in [-0.3, -0.25) is 14.2 Å². The first-order valence-electron chi connectivity index (χ1n) is 7.51. The number of hydrogen-bond donors (Lipinski definition) is 1. The van der Waals surface area contributed by atoms with Crippen LogP contribution in [0, 0.1) is 0 Å². The molecule has 1 heterocycles. The molecule has 0 saturated heterocycles. The largest absolute Gasteiger partial charge is 0.355 e. The highest BCUT2D eigenvalue weighted by molar-refractivity contribution is 8.00. The highest BCUT2D eigenvalue weighted by Gasteiger charge is 2.20. The lowest BCUT2D eigenvalue weighted by Crippen LogP contribution is -2.32. The number of nitrogens with one attached hydrogen (secondary N) is 1. The van der Waals surface area contributed by atoms with E-state index in [1.54, 1.807) is 29.7 Å². The molecule has 0 radical (unpaired) electrons. The highest BCUT2D eigenvalue weighted by Crippen LogP contribution is 2.25. The number of thioether (sulfide) groups is 1. The van der Waals surface area contributed by atoms with Gasteiger partial charge < -0.3 is 5.32 Å². The fourth-order valence-electron chi connectivity index (χ4n) is 2.22. The molecule has 2 aromatic rings. The fourth-order valence-corrected chi connectivity index (χ4v) is 3.45. The summed E-state index contributed by atoms with van der Waals surface area (Å²) >= 11 is 7.28. The second kappa shape index (κ2) is 7.36. The van der Waals surface area contributed by atoms with Crippen molar-refractivity contribution in [2.75, 3.05) is 6.54 Å². The summed E-state index contributed by atoms with van der Waals surface area (Å²) in [5.74, 6) is -0.0757. The highest BCUT2D eigenvalue weighted by atomic mass is 35.5. The molecule has 1 aromatic heterocycles. The van der Waals surface area contributed by atoms with Crippen LogP contribution in [0.4, 0.5) is 0 Å². The molecular formula is C16H20ClN3O2S. The topological polar surface area (TPSA) is 64.0 Å². The summed E-state index contributed by atoms with van der Waals surface area (Å²) in [5, 5.41) is 4.01. The van der Waals surface area contributed by atoms with Crippen molar-refractivity contribution in [1.29, 1.82) is 0 Å². The van der Waals surface area contributed by atoms with Crippen LogP contribution >= 0.6 is 23.4 Å². The number of halogens is 1. The first kappa shape index (κ1) is 17.8. The Kier molecular flexibility index (Phi) is 5.70. The van der Waals surface area contributed by atoms with Crippen LogP contribution < -0.4 is 10.9 Å². The number of fused-ring (bicyclic) bond motifs is 1. The van der Waals surface area contributed by atoms with Crippen LogP contribution in [0.2, 0.25) is 5.02 Å². The normalized spacial score (nSPS) is 12.6. The maximum atomic E-state index is 12.7. The van der Waals surface area contributed by atoms with Crippen molar-refractivity contribution in [2.45, 2.75) is 44.1 Å². The van der Waals surface area contributed by atoms with Crippen LogP contribution in [0.5, 0.6) is 0 Å². The summed E-state index contributed by atoms with van der Waals surface area (Å²) in [6.07, 6.45) is 0. The second-order valence-electron chi connectivity index (χ2n) is 5.48. The summed E-state index contributed by atoms with van der Waals surface area (Å²) in [6.45, 7) is 8.09. The molecular weight excluding hydrogens is 334 g/mol. The number of nitrogens with zero attached hydrogens (tertiary/aromatic N) is 2. The molecule has 0 aliphatic carbocycles. The van der Waals surface area contributed by atoms with E-state index in [9.17, 15) is 9.59 Å². The van der Waals surface area contributed by atoms with Gasteiger partial charge in [-0.1, -0.05) is 23.4 Å². The minimum atomic E-state index is -0.344. The number of rotatable bonds is 5. The Hall–Kier alpha value is -1.53. The van der Waals surface area contributed by atoms with E-state index in [4.69, 9.17) is 11.6 Å². The van der Waals surface area contributed by atoms with Crippen LogP contribution in [0.3, 0.4) is 0 Å². The van der Waals surface area contributed by atoms with Crippen molar-refractivity contribution in [1.82, 2.24) is 14.9 Å². The van der Waals surface area contributed by atoms with Crippen molar-refractivity contribution < 1.29 is 4.79 Å². The zero-order chi connectivity index (χ0) is 17.1. The smallest absolute Gasteiger partial charge is 0.262 e. The van der Waals surface area contributed by atoms with Gasteiger partial charge in [0.1, 0.15) is 0 Å². The Labute approximate surface area is 144 Å². The van der Waals surface area contributed by atoms with Crippen molar-refractivity contribution in [3.63, 3.8) is 0 Å². The molecule has 1 atom stereocenters. The molecule has 1 amide bonds. The van der Waals surface area contributed by atoms with Gasteiger partial charge in [0.25, 0.3) is 5.56 Å². The van der Waals surface area contributed by atoms with E-state index in [2.05, 4.69) is 10.3 Å². The third-order valence-corrected chi connectivity index (χ3v) is 4.65. The lowest BCUT2D eigenvalue weighted by atomic mass is 10.2. The van der Waals surface area contributed by atoms with Crippen LogP contribution in [-0.4, -0.2) is 27.3 Å². The molecule has 0 spiro atoms. The zero-order valence-corrected chi connectivity index (χ0v) is 15.2. The van der Waals surface area contributed by atoms with Crippen molar-refractivity contribution in [3.8, 4) is 0 Å². The Morgan fingerprint density at radius 2 is 2.09 bits per heavy atom. The van der Waals surface area contributed by atoms with Gasteiger partial charge in [0.15, 0.2) is 5.16 Å². The van der Waals surface area contributed by atoms with Crippen molar-refractivity contribution >= 4 is 40.2 Å². The molecule has 23 heavy (non-hydrogen) atoms. The number of aromatic nitrogens is 2. The molecule has 0 saturated carbocycles. The Bertz CT molecular complexity index is 789. The van der Waals surface area contributed by atoms with E-state index >= 15 is 0 Å². The Balaban J connectivity index is 2.55. The number of carbonyl (C=O) groups is 1. The molecule has 0 unspecified atom stereocenters. The maximum absolute atomic E-state index is 12.7. The summed E-state index contributed by atoms with van der Waals surface area (Å²) < 4.78 is 1.62. The van der Waals surface area contributed by atoms with Gasteiger partial charge in [0.05, 0.1) is 16.2 Å². The van der Waals surface area contributed by atoms with Crippen LogP contribution in [-0.2, 0) is 4.79 Å². The first-order chi connectivity index (χ1) is 10.8. The van der Waals surface area contributed by atoms with E-state index in [-0.39, 0.29) is 22.8 Å². The minimum Gasteiger partial charge on any atom is -0.355 e. The molecule has 124 valence electrons. The Morgan fingerprint density at radius 1 is 1.39 bits per heavy atom. The first-order valence-corrected chi connectivity index (χ1v) is 8.77. The van der Waals surface area contributed by atoms with E-state index in [1.807, 2.05) is 20.8 Å². The number of amides is 1. The maximum Gasteiger partial charge on any atom is 0.262 e. The van der Waals surface area contributed by atoms with Gasteiger partial charge in [-0.2, -0.15) is 0 Å². The van der Waals surface area contributed by atoms with Gasteiger partial charge in [-0.05, 0) is 45.9 Å². The monoisotopic (exact) mass is 353 g/mol. The molecule has 2 rings (SSSR count).